The molecule has 12 unspecified atom stereocenters. The van der Waals surface area contributed by atoms with Gasteiger partial charge in [0.15, 0.2) is 0 Å². The van der Waals surface area contributed by atoms with Gasteiger partial charge in [-0.15, -0.1) is 0 Å². The predicted molar refractivity (Wildman–Crippen MR) is 318 cm³/mol. The second-order valence-corrected chi connectivity index (χ2v) is 30.5. The second kappa shape index (κ2) is 29.3. The van der Waals surface area contributed by atoms with E-state index in [2.05, 4.69) is 186 Å². The van der Waals surface area contributed by atoms with Crippen LogP contribution in [0.15, 0.2) is 61.9 Å². The average molecular weight is 1820 g/mol. The summed E-state index contributed by atoms with van der Waals surface area (Å²) in [4.78, 5) is 0. The first-order valence-electron chi connectivity index (χ1n) is 29.6. The Labute approximate surface area is 617 Å². The van der Waals surface area contributed by atoms with Crippen molar-refractivity contribution in [1.29, 1.82) is 0 Å². The predicted octanol–water partition coefficient (Wildman–Crippen LogP) is 12.6. The van der Waals surface area contributed by atoms with E-state index >= 15 is 0 Å². The number of oxime groups is 12. The second-order valence-electron chi connectivity index (χ2n) is 30.5. The normalized spacial score (nSPS) is 42.2. The van der Waals surface area contributed by atoms with Crippen LogP contribution in [-0.4, -0.2) is 131 Å². The number of nitrogens with zero attached hydrogens (tertiary/aromatic N) is 12. The van der Waals surface area contributed by atoms with E-state index in [4.69, 9.17) is 62.5 Å². The zero-order chi connectivity index (χ0) is 63.4. The molecule has 12 N–H and O–H groups in total. The van der Waals surface area contributed by atoms with Crippen molar-refractivity contribution in [3.8, 4) is 0 Å². The summed E-state index contributed by atoms with van der Waals surface area (Å²) in [5, 5.41) is 147. The zero-order valence-electron chi connectivity index (χ0n) is 54.5. The topological polar surface area (TPSA) is 391 Å². The van der Waals surface area contributed by atoms with Crippen molar-refractivity contribution >= 4 is 68.5 Å². The molecule has 0 aromatic heterocycles. The Balaban J connectivity index is 0.000000533. The molecule has 0 spiro atoms. The van der Waals surface area contributed by atoms with E-state index in [0.717, 1.165) is 77.0 Å². The van der Waals surface area contributed by atoms with Gasteiger partial charge in [0.1, 0.15) is 68.5 Å². The summed E-state index contributed by atoms with van der Waals surface area (Å²) in [6, 6.07) is 0. The molecule has 12 saturated carbocycles. The first-order valence-corrected chi connectivity index (χ1v) is 29.6. The maximum Gasteiger partial charge on any atom is 0.111 e. The van der Waals surface area contributed by atoms with Crippen molar-refractivity contribution in [1.82, 2.24) is 0 Å². The number of rotatable bonds is 0. The van der Waals surface area contributed by atoms with Crippen LogP contribution in [-0.2, 0) is 128 Å². The molecule has 12 fully saturated rings. The molecule has 0 amide bonds. The van der Waals surface area contributed by atoms with Gasteiger partial charge in [-0.05, 0) is 110 Å². The van der Waals surface area contributed by atoms with Gasteiger partial charge in [-0.2, -0.15) is 0 Å². The van der Waals surface area contributed by atoms with Crippen LogP contribution in [0.1, 0.15) is 202 Å². The molecular formula is C60H96Ag3N12O12Pd3. The molecule has 0 heterocycles. The summed E-state index contributed by atoms with van der Waals surface area (Å²) in [5.41, 5.74) is 6.15. The smallest absolute Gasteiger partial charge is 0.111 e. The molecule has 12 aliphatic rings. The molecule has 3 radical (unpaired) electrons. The van der Waals surface area contributed by atoms with Crippen molar-refractivity contribution < 1.29 is 191 Å². The third-order valence-electron chi connectivity index (χ3n) is 27.2. The summed E-state index contributed by atoms with van der Waals surface area (Å²) in [6.07, 6.45) is 12.1. The minimum atomic E-state index is -0.145. The SMILES string of the molecule is CC12CCC(C(=NO)C1=NO)C2(C)C.CC12CCC(C(=N\O)/C1=N/O)C2(C)C.CC12CCC(C(=N\O)/C1=N\O)C2(C)C.CC12CCC(C(=N\O)/C1=N\O)C2(C)C.CC12CCC(C(=N\O)/C1=N\O)C2(C)C.CC12CCC(C(=N\O)/C1=N\O)C2(C)C.[Ag].[Ag].[Ag].[Pd].[Pd].[Pd]. The van der Waals surface area contributed by atoms with E-state index in [1.54, 1.807) is 0 Å². The monoisotopic (exact) mass is 1820 g/mol. The van der Waals surface area contributed by atoms with Crippen LogP contribution in [0.25, 0.3) is 0 Å². The maximum atomic E-state index is 8.98. The third-order valence-corrected chi connectivity index (χ3v) is 27.2. The fourth-order valence-corrected chi connectivity index (χ4v) is 18.8. The van der Waals surface area contributed by atoms with Crippen LogP contribution >= 0.6 is 0 Å². The first-order chi connectivity index (χ1) is 38.9. The van der Waals surface area contributed by atoms with Gasteiger partial charge < -0.3 is 62.5 Å². The Bertz CT molecular complexity index is 2550. The van der Waals surface area contributed by atoms with E-state index in [-0.39, 0.29) is 229 Å². The van der Waals surface area contributed by atoms with E-state index in [1.807, 2.05) is 0 Å². The van der Waals surface area contributed by atoms with E-state index in [1.165, 1.54) is 0 Å². The van der Waals surface area contributed by atoms with Crippen LogP contribution in [0.4, 0.5) is 0 Å². The molecule has 12 aliphatic carbocycles. The Morgan fingerprint density at radius 1 is 0.211 bits per heavy atom. The summed E-state index contributed by atoms with van der Waals surface area (Å²) in [5.74, 6) is 1.35. The van der Waals surface area contributed by atoms with Crippen molar-refractivity contribution in [2.24, 2.45) is 162 Å². The molecular weight excluding hydrogens is 1720 g/mol. The molecule has 0 saturated heterocycles. The Morgan fingerprint density at radius 2 is 0.311 bits per heavy atom. The van der Waals surface area contributed by atoms with E-state index < -0.39 is 0 Å². The van der Waals surface area contributed by atoms with Crippen LogP contribution < -0.4 is 0 Å². The van der Waals surface area contributed by atoms with Gasteiger partial charge in [-0.1, -0.05) is 186 Å². The van der Waals surface area contributed by atoms with E-state index in [9.17, 15) is 0 Å². The van der Waals surface area contributed by atoms with Crippen LogP contribution in [0.5, 0.6) is 0 Å². The van der Waals surface area contributed by atoms with Crippen LogP contribution in [0.3, 0.4) is 0 Å². The third kappa shape index (κ3) is 11.5. The van der Waals surface area contributed by atoms with Gasteiger partial charge in [-0.3, -0.25) is 0 Å². The van der Waals surface area contributed by atoms with Gasteiger partial charge >= 0.3 is 0 Å². The first kappa shape index (κ1) is 85.9. The Morgan fingerprint density at radius 3 is 0.378 bits per heavy atom. The summed E-state index contributed by atoms with van der Waals surface area (Å²) >= 11 is 0. The van der Waals surface area contributed by atoms with Gasteiger partial charge in [-0.25, -0.2) is 0 Å². The molecule has 0 aromatic rings. The summed E-state index contributed by atoms with van der Waals surface area (Å²) < 4.78 is 0. The Hall–Kier alpha value is -2.15. The van der Waals surface area contributed by atoms with Crippen molar-refractivity contribution in [3.05, 3.63) is 0 Å². The van der Waals surface area contributed by atoms with Gasteiger partial charge in [0, 0.05) is 196 Å². The minimum absolute atomic E-state index is 0. The molecule has 30 heteroatoms. The molecule has 531 valence electrons. The van der Waals surface area contributed by atoms with Gasteiger partial charge in [0.05, 0.1) is 0 Å². The number of hydrogen-bond acceptors (Lipinski definition) is 24. The van der Waals surface area contributed by atoms with Crippen molar-refractivity contribution in [3.63, 3.8) is 0 Å². The van der Waals surface area contributed by atoms with Crippen LogP contribution in [0.2, 0.25) is 0 Å². The Kier molecular flexibility index (Phi) is 27.9. The van der Waals surface area contributed by atoms with Crippen molar-refractivity contribution in [2.75, 3.05) is 0 Å². The molecule has 12 atom stereocenters. The molecule has 0 aromatic carbocycles. The summed E-state index contributed by atoms with van der Waals surface area (Å²) in [6.45, 7) is 38.3. The average Bonchev–Trinajstić information content (AvgIpc) is 1.63. The fourth-order valence-electron chi connectivity index (χ4n) is 18.8. The quantitative estimate of drug-likeness (QED) is 0.0612. The number of hydrogen-bond donors (Lipinski definition) is 12. The van der Waals surface area contributed by atoms with Gasteiger partial charge in [0.25, 0.3) is 0 Å². The number of fused-ring (bicyclic) bond motifs is 12. The summed E-state index contributed by atoms with van der Waals surface area (Å²) in [7, 11) is 0. The van der Waals surface area contributed by atoms with Gasteiger partial charge in [0.2, 0.25) is 0 Å². The van der Waals surface area contributed by atoms with Crippen LogP contribution in [0, 0.1) is 100 Å². The maximum absolute atomic E-state index is 8.98. The fraction of sp³-hybridized carbons (Fsp3) is 0.800. The van der Waals surface area contributed by atoms with Crippen molar-refractivity contribution in [2.45, 2.75) is 202 Å². The molecule has 90 heavy (non-hydrogen) atoms. The minimum Gasteiger partial charge on any atom is -0.411 e. The molecule has 12 bridgehead atoms. The molecule has 12 rings (SSSR count). The molecule has 0 aliphatic heterocycles. The molecule has 24 nitrogen and oxygen atoms in total. The largest absolute Gasteiger partial charge is 0.411 e. The zero-order valence-corrected chi connectivity index (χ0v) is 63.6. The van der Waals surface area contributed by atoms with E-state index in [0.29, 0.717) is 68.5 Å². The standard InChI is InChI=1S/6C10H16N2O2.3Ag.3Pd/c6*1-9(2)6-4-5-10(9,3)8(12-14)7(6)11-13;;;;;;/h6*6,13-14H,4-5H2,1-3H3;;;;;;/b4*11-7+,12-8+;11-7+,12-8-;;;;;;;.